The van der Waals surface area contributed by atoms with Crippen LogP contribution in [0.4, 0.5) is 8.78 Å². The highest BCUT2D eigenvalue weighted by Gasteiger charge is 2.01. The fourth-order valence-corrected chi connectivity index (χ4v) is 0.847. The topological polar surface area (TPSA) is 9.23 Å². The minimum atomic E-state index is -0.612. The van der Waals surface area contributed by atoms with Crippen LogP contribution in [-0.2, 0) is 10.8 Å². The molecular formula is C7H6F2OS. The first-order chi connectivity index (χ1) is 5.24. The summed E-state index contributed by atoms with van der Waals surface area (Å²) in [6.45, 7) is 0.0369. The Morgan fingerprint density at radius 3 is 2.64 bits per heavy atom. The Morgan fingerprint density at radius 1 is 1.36 bits per heavy atom. The molecule has 0 saturated heterocycles. The van der Waals surface area contributed by atoms with Gasteiger partial charge in [0.1, 0.15) is 11.6 Å². The number of hydrogen-bond donors (Lipinski definition) is 1. The summed E-state index contributed by atoms with van der Waals surface area (Å²) in [6.07, 6.45) is 0. The SMILES string of the molecule is Fc1ccc(COS)c(F)c1. The molecule has 0 aliphatic carbocycles. The van der Waals surface area contributed by atoms with Crippen LogP contribution < -0.4 is 0 Å². The van der Waals surface area contributed by atoms with Gasteiger partial charge in [-0.05, 0) is 19.0 Å². The van der Waals surface area contributed by atoms with Crippen molar-refractivity contribution in [3.63, 3.8) is 0 Å². The number of rotatable bonds is 2. The van der Waals surface area contributed by atoms with Crippen molar-refractivity contribution in [1.82, 2.24) is 0 Å². The van der Waals surface area contributed by atoms with Gasteiger partial charge in [0.05, 0.1) is 6.61 Å². The minimum absolute atomic E-state index is 0.0369. The first kappa shape index (κ1) is 8.49. The van der Waals surface area contributed by atoms with E-state index < -0.39 is 11.6 Å². The van der Waals surface area contributed by atoms with E-state index in [4.69, 9.17) is 0 Å². The molecule has 1 rings (SSSR count). The van der Waals surface area contributed by atoms with Crippen molar-refractivity contribution in [1.29, 1.82) is 0 Å². The van der Waals surface area contributed by atoms with E-state index in [1.165, 1.54) is 12.1 Å². The normalized spacial score (nSPS) is 10.1. The Kier molecular flexibility index (Phi) is 2.84. The molecular weight excluding hydrogens is 170 g/mol. The van der Waals surface area contributed by atoms with Gasteiger partial charge in [0.2, 0.25) is 0 Å². The molecule has 0 N–H and O–H groups in total. The Labute approximate surface area is 68.6 Å². The summed E-state index contributed by atoms with van der Waals surface area (Å²) in [7, 11) is 0. The summed E-state index contributed by atoms with van der Waals surface area (Å²) in [5.74, 6) is -1.20. The molecule has 0 bridgehead atoms. The number of thiol groups is 1. The smallest absolute Gasteiger partial charge is 0.131 e. The molecule has 0 radical (unpaired) electrons. The summed E-state index contributed by atoms with van der Waals surface area (Å²) in [5, 5.41) is 0. The second-order valence-electron chi connectivity index (χ2n) is 2.01. The van der Waals surface area contributed by atoms with Gasteiger partial charge in [-0.2, -0.15) is 0 Å². The van der Waals surface area contributed by atoms with E-state index in [-0.39, 0.29) is 6.61 Å². The number of benzene rings is 1. The maximum absolute atomic E-state index is 12.7. The van der Waals surface area contributed by atoms with E-state index in [2.05, 4.69) is 17.1 Å². The molecule has 1 aromatic rings. The van der Waals surface area contributed by atoms with E-state index in [9.17, 15) is 8.78 Å². The summed E-state index contributed by atoms with van der Waals surface area (Å²) in [4.78, 5) is 0. The quantitative estimate of drug-likeness (QED) is 0.537. The molecule has 0 amide bonds. The van der Waals surface area contributed by atoms with Crippen molar-refractivity contribution >= 4 is 12.9 Å². The van der Waals surface area contributed by atoms with Gasteiger partial charge in [-0.3, -0.25) is 0 Å². The van der Waals surface area contributed by atoms with Crippen LogP contribution in [0.1, 0.15) is 5.56 Å². The second kappa shape index (κ2) is 3.69. The van der Waals surface area contributed by atoms with E-state index in [1.807, 2.05) is 0 Å². The highest BCUT2D eigenvalue weighted by molar-refractivity contribution is 7.75. The molecule has 0 fully saturated rings. The molecule has 0 aliphatic rings. The van der Waals surface area contributed by atoms with Crippen LogP contribution in [0.2, 0.25) is 0 Å². The predicted molar refractivity (Wildman–Crippen MR) is 40.1 cm³/mol. The number of hydrogen-bond acceptors (Lipinski definition) is 2. The molecule has 0 heterocycles. The van der Waals surface area contributed by atoms with Gasteiger partial charge in [0, 0.05) is 11.6 Å². The van der Waals surface area contributed by atoms with Crippen LogP contribution in [-0.4, -0.2) is 0 Å². The van der Waals surface area contributed by atoms with E-state index in [0.717, 1.165) is 6.07 Å². The van der Waals surface area contributed by atoms with E-state index >= 15 is 0 Å². The molecule has 0 spiro atoms. The Bertz CT molecular complexity index is 252. The highest BCUT2D eigenvalue weighted by atomic mass is 32.1. The van der Waals surface area contributed by atoms with E-state index in [0.29, 0.717) is 5.56 Å². The lowest BCUT2D eigenvalue weighted by Crippen LogP contribution is -1.90. The van der Waals surface area contributed by atoms with Crippen molar-refractivity contribution < 1.29 is 13.0 Å². The standard InChI is InChI=1S/C7H6F2OS/c8-6-2-1-5(4-10-11)7(9)3-6/h1-3,11H,4H2. The Balaban J connectivity index is 2.90. The molecule has 1 aromatic carbocycles. The third kappa shape index (κ3) is 2.17. The van der Waals surface area contributed by atoms with Gasteiger partial charge in [0.15, 0.2) is 0 Å². The fourth-order valence-electron chi connectivity index (χ4n) is 0.708. The lowest BCUT2D eigenvalue weighted by Gasteiger charge is -1.99. The monoisotopic (exact) mass is 176 g/mol. The van der Waals surface area contributed by atoms with Gasteiger partial charge in [-0.15, -0.1) is 0 Å². The largest absolute Gasteiger partial charge is 0.314 e. The van der Waals surface area contributed by atoms with Crippen LogP contribution >= 0.6 is 12.9 Å². The minimum Gasteiger partial charge on any atom is -0.314 e. The number of halogens is 2. The van der Waals surface area contributed by atoms with Crippen molar-refractivity contribution in [2.45, 2.75) is 6.61 Å². The van der Waals surface area contributed by atoms with Crippen LogP contribution in [0.3, 0.4) is 0 Å². The first-order valence-electron chi connectivity index (χ1n) is 2.94. The van der Waals surface area contributed by atoms with Crippen molar-refractivity contribution in [3.8, 4) is 0 Å². The molecule has 0 unspecified atom stereocenters. The summed E-state index contributed by atoms with van der Waals surface area (Å²) in [6, 6.07) is 3.30. The van der Waals surface area contributed by atoms with Gasteiger partial charge in [0.25, 0.3) is 0 Å². The maximum Gasteiger partial charge on any atom is 0.131 e. The average molecular weight is 176 g/mol. The third-order valence-electron chi connectivity index (χ3n) is 1.24. The Hall–Kier alpha value is -0.610. The van der Waals surface area contributed by atoms with Crippen molar-refractivity contribution in [2.24, 2.45) is 0 Å². The maximum atomic E-state index is 12.7. The summed E-state index contributed by atoms with van der Waals surface area (Å²) < 4.78 is 29.4. The highest BCUT2D eigenvalue weighted by Crippen LogP contribution is 2.10. The van der Waals surface area contributed by atoms with E-state index in [1.54, 1.807) is 0 Å². The van der Waals surface area contributed by atoms with Gasteiger partial charge in [-0.25, -0.2) is 8.78 Å². The predicted octanol–water partition coefficient (Wildman–Crippen LogP) is 2.33. The lowest BCUT2D eigenvalue weighted by molar-refractivity contribution is 0.361. The van der Waals surface area contributed by atoms with Crippen molar-refractivity contribution in [2.75, 3.05) is 0 Å². The van der Waals surface area contributed by atoms with Crippen molar-refractivity contribution in [3.05, 3.63) is 35.4 Å². The van der Waals surface area contributed by atoms with Gasteiger partial charge in [-0.1, -0.05) is 6.07 Å². The molecule has 0 aliphatic heterocycles. The Morgan fingerprint density at radius 2 is 2.09 bits per heavy atom. The lowest BCUT2D eigenvalue weighted by atomic mass is 10.2. The fraction of sp³-hybridized carbons (Fsp3) is 0.143. The zero-order valence-corrected chi connectivity index (χ0v) is 6.44. The molecule has 0 aromatic heterocycles. The summed E-state index contributed by atoms with van der Waals surface area (Å²) >= 11 is 3.44. The van der Waals surface area contributed by atoms with Crippen LogP contribution in [0.15, 0.2) is 18.2 Å². The molecule has 0 saturated carbocycles. The average Bonchev–Trinajstić information content (AvgIpc) is 1.95. The van der Waals surface area contributed by atoms with Gasteiger partial charge < -0.3 is 4.18 Å². The second-order valence-corrected chi connectivity index (χ2v) is 2.27. The first-order valence-corrected chi connectivity index (χ1v) is 3.31. The molecule has 60 valence electrons. The molecule has 0 atom stereocenters. The van der Waals surface area contributed by atoms with Crippen LogP contribution in [0.25, 0.3) is 0 Å². The zero-order chi connectivity index (χ0) is 8.27. The summed E-state index contributed by atoms with van der Waals surface area (Å²) in [5.41, 5.74) is 0.293. The van der Waals surface area contributed by atoms with Crippen LogP contribution in [0, 0.1) is 11.6 Å². The third-order valence-corrected chi connectivity index (χ3v) is 1.36. The molecule has 11 heavy (non-hydrogen) atoms. The molecule has 4 heteroatoms. The molecule has 1 nitrogen and oxygen atoms in total. The van der Waals surface area contributed by atoms with Crippen LogP contribution in [0.5, 0.6) is 0 Å². The zero-order valence-electron chi connectivity index (χ0n) is 5.55. The van der Waals surface area contributed by atoms with Gasteiger partial charge >= 0.3 is 0 Å².